The summed E-state index contributed by atoms with van der Waals surface area (Å²) in [6, 6.07) is 7.52. The Labute approximate surface area is 139 Å². The first-order valence-electron chi connectivity index (χ1n) is 7.31. The summed E-state index contributed by atoms with van der Waals surface area (Å²) in [6.07, 6.45) is 3.07. The highest BCUT2D eigenvalue weighted by Crippen LogP contribution is 2.35. The van der Waals surface area contributed by atoms with E-state index in [0.717, 1.165) is 21.1 Å². The number of aliphatic carboxylic acids is 1. The van der Waals surface area contributed by atoms with Crippen molar-refractivity contribution in [1.29, 1.82) is 0 Å². The number of nitrogens with one attached hydrogen (secondary N) is 1. The third kappa shape index (κ3) is 4.16. The summed E-state index contributed by atoms with van der Waals surface area (Å²) in [7, 11) is 0. The number of benzene rings is 1. The molecular weight excluding hydrogens is 312 g/mol. The molecule has 6 heteroatoms. The predicted octanol–water partition coefficient (Wildman–Crippen LogP) is 3.67. The number of carbonyl (C=O) groups is 2. The predicted molar refractivity (Wildman–Crippen MR) is 91.5 cm³/mol. The summed E-state index contributed by atoms with van der Waals surface area (Å²) in [4.78, 5) is 27.1. The normalized spacial score (nSPS) is 12.7. The third-order valence-corrected chi connectivity index (χ3v) is 5.14. The average molecular weight is 332 g/mol. The standard InChI is InChI=1S/C17H20N2O3S/c1-11(16(21)22)17(2,3)8-15-18-9-14(23-15)12-4-6-13(7-5-12)19-10-20/h4-7,9-11H,8H2,1-3H3,(H,19,20)(H,21,22). The van der Waals surface area contributed by atoms with E-state index in [1.165, 1.54) is 0 Å². The molecule has 1 aromatic carbocycles. The number of carbonyl (C=O) groups excluding carboxylic acids is 1. The van der Waals surface area contributed by atoms with Crippen LogP contribution in [0.3, 0.4) is 0 Å². The van der Waals surface area contributed by atoms with E-state index in [4.69, 9.17) is 0 Å². The number of rotatable bonds is 7. The van der Waals surface area contributed by atoms with Crippen LogP contribution in [0.2, 0.25) is 0 Å². The maximum Gasteiger partial charge on any atom is 0.306 e. The second-order valence-electron chi connectivity index (χ2n) is 6.18. The van der Waals surface area contributed by atoms with Gasteiger partial charge in [-0.25, -0.2) is 4.98 Å². The van der Waals surface area contributed by atoms with Gasteiger partial charge in [-0.2, -0.15) is 0 Å². The number of thiazole rings is 1. The zero-order valence-corrected chi connectivity index (χ0v) is 14.2. The fraction of sp³-hybridized carbons (Fsp3) is 0.353. The molecule has 0 fully saturated rings. The molecule has 1 atom stereocenters. The van der Waals surface area contributed by atoms with Crippen molar-refractivity contribution in [2.75, 3.05) is 5.32 Å². The minimum absolute atomic E-state index is 0.362. The van der Waals surface area contributed by atoms with E-state index in [2.05, 4.69) is 10.3 Å². The van der Waals surface area contributed by atoms with E-state index in [0.29, 0.717) is 12.8 Å². The van der Waals surface area contributed by atoms with Gasteiger partial charge in [-0.3, -0.25) is 9.59 Å². The third-order valence-electron chi connectivity index (χ3n) is 4.10. The van der Waals surface area contributed by atoms with Crippen LogP contribution in [0.25, 0.3) is 10.4 Å². The lowest BCUT2D eigenvalue weighted by atomic mass is 9.77. The second kappa shape index (κ2) is 6.91. The number of aromatic nitrogens is 1. The summed E-state index contributed by atoms with van der Waals surface area (Å²) >= 11 is 1.57. The van der Waals surface area contributed by atoms with Crippen LogP contribution in [0.1, 0.15) is 25.8 Å². The van der Waals surface area contributed by atoms with Gasteiger partial charge in [0.2, 0.25) is 6.41 Å². The lowest BCUT2D eigenvalue weighted by Crippen LogP contribution is -2.30. The molecule has 0 spiro atoms. The molecule has 23 heavy (non-hydrogen) atoms. The van der Waals surface area contributed by atoms with E-state index < -0.39 is 11.9 Å². The van der Waals surface area contributed by atoms with Crippen molar-refractivity contribution in [2.24, 2.45) is 11.3 Å². The van der Waals surface area contributed by atoms with Gasteiger partial charge in [-0.05, 0) is 23.1 Å². The lowest BCUT2D eigenvalue weighted by molar-refractivity contribution is -0.145. The summed E-state index contributed by atoms with van der Waals surface area (Å²) in [5.41, 5.74) is 1.40. The summed E-state index contributed by atoms with van der Waals surface area (Å²) in [5.74, 6) is -1.23. The Balaban J connectivity index is 2.14. The molecule has 1 aromatic heterocycles. The first-order chi connectivity index (χ1) is 10.8. The molecule has 0 bridgehead atoms. The van der Waals surface area contributed by atoms with E-state index in [-0.39, 0.29) is 5.41 Å². The number of carboxylic acid groups (broad SMARTS) is 1. The molecule has 0 saturated heterocycles. The number of anilines is 1. The highest BCUT2D eigenvalue weighted by molar-refractivity contribution is 7.15. The Morgan fingerprint density at radius 3 is 2.61 bits per heavy atom. The molecule has 0 radical (unpaired) electrons. The monoisotopic (exact) mass is 332 g/mol. The fourth-order valence-electron chi connectivity index (χ4n) is 2.20. The zero-order chi connectivity index (χ0) is 17.0. The van der Waals surface area contributed by atoms with Gasteiger partial charge in [-0.15, -0.1) is 11.3 Å². The van der Waals surface area contributed by atoms with Gasteiger partial charge in [0.1, 0.15) is 0 Å². The minimum Gasteiger partial charge on any atom is -0.481 e. The summed E-state index contributed by atoms with van der Waals surface area (Å²) in [6.45, 7) is 5.63. The first kappa shape index (κ1) is 17.1. The van der Waals surface area contributed by atoms with Crippen LogP contribution in [-0.2, 0) is 16.0 Å². The fourth-order valence-corrected chi connectivity index (χ4v) is 3.36. The van der Waals surface area contributed by atoms with Crippen molar-refractivity contribution >= 4 is 29.4 Å². The zero-order valence-electron chi connectivity index (χ0n) is 13.4. The van der Waals surface area contributed by atoms with Crippen LogP contribution in [0.5, 0.6) is 0 Å². The number of hydrogen-bond acceptors (Lipinski definition) is 4. The highest BCUT2D eigenvalue weighted by Gasteiger charge is 2.32. The maximum absolute atomic E-state index is 11.2. The van der Waals surface area contributed by atoms with Crippen molar-refractivity contribution in [3.8, 4) is 10.4 Å². The van der Waals surface area contributed by atoms with E-state index in [1.54, 1.807) is 18.3 Å². The molecule has 1 unspecified atom stereocenters. The van der Waals surface area contributed by atoms with Crippen LogP contribution in [0, 0.1) is 11.3 Å². The van der Waals surface area contributed by atoms with E-state index in [1.807, 2.05) is 44.3 Å². The van der Waals surface area contributed by atoms with Gasteiger partial charge in [0.25, 0.3) is 0 Å². The Hall–Kier alpha value is -2.21. The number of carboxylic acids is 1. The van der Waals surface area contributed by atoms with Crippen molar-refractivity contribution < 1.29 is 14.7 Å². The van der Waals surface area contributed by atoms with Gasteiger partial charge in [-0.1, -0.05) is 32.9 Å². The molecule has 0 aliphatic rings. The Morgan fingerprint density at radius 1 is 1.39 bits per heavy atom. The van der Waals surface area contributed by atoms with Gasteiger partial charge in [0.15, 0.2) is 0 Å². The molecule has 1 heterocycles. The Bertz CT molecular complexity index is 692. The molecule has 2 rings (SSSR count). The second-order valence-corrected chi connectivity index (χ2v) is 7.30. The van der Waals surface area contributed by atoms with Crippen LogP contribution < -0.4 is 5.32 Å². The minimum atomic E-state index is -0.787. The number of hydrogen-bond donors (Lipinski definition) is 2. The molecule has 2 aromatic rings. The van der Waals surface area contributed by atoms with Gasteiger partial charge < -0.3 is 10.4 Å². The van der Waals surface area contributed by atoms with Crippen molar-refractivity contribution in [3.63, 3.8) is 0 Å². The summed E-state index contributed by atoms with van der Waals surface area (Å²) < 4.78 is 0. The molecule has 5 nitrogen and oxygen atoms in total. The lowest BCUT2D eigenvalue weighted by Gasteiger charge is -2.27. The van der Waals surface area contributed by atoms with Crippen molar-refractivity contribution in [2.45, 2.75) is 27.2 Å². The average Bonchev–Trinajstić information content (AvgIpc) is 2.95. The topological polar surface area (TPSA) is 79.3 Å². The van der Waals surface area contributed by atoms with Crippen LogP contribution in [0.15, 0.2) is 30.5 Å². The molecular formula is C17H20N2O3S. The molecule has 2 N–H and O–H groups in total. The Morgan fingerprint density at radius 2 is 2.04 bits per heavy atom. The molecule has 0 aliphatic carbocycles. The maximum atomic E-state index is 11.2. The van der Waals surface area contributed by atoms with Crippen LogP contribution in [0.4, 0.5) is 5.69 Å². The molecule has 0 saturated carbocycles. The van der Waals surface area contributed by atoms with Gasteiger partial charge in [0.05, 0.1) is 15.8 Å². The largest absolute Gasteiger partial charge is 0.481 e. The van der Waals surface area contributed by atoms with E-state index in [9.17, 15) is 14.7 Å². The number of amides is 1. The number of nitrogens with zero attached hydrogens (tertiary/aromatic N) is 1. The van der Waals surface area contributed by atoms with Crippen LogP contribution >= 0.6 is 11.3 Å². The highest BCUT2D eigenvalue weighted by atomic mass is 32.1. The first-order valence-corrected chi connectivity index (χ1v) is 8.13. The van der Waals surface area contributed by atoms with Gasteiger partial charge >= 0.3 is 5.97 Å². The molecule has 0 aliphatic heterocycles. The Kier molecular flexibility index (Phi) is 5.15. The molecule has 122 valence electrons. The van der Waals surface area contributed by atoms with E-state index >= 15 is 0 Å². The summed E-state index contributed by atoms with van der Waals surface area (Å²) in [5, 5.41) is 12.7. The quantitative estimate of drug-likeness (QED) is 0.758. The van der Waals surface area contributed by atoms with Gasteiger partial charge in [0, 0.05) is 18.3 Å². The molecule has 1 amide bonds. The van der Waals surface area contributed by atoms with Crippen LogP contribution in [-0.4, -0.2) is 22.5 Å². The smallest absolute Gasteiger partial charge is 0.306 e. The van der Waals surface area contributed by atoms with Crippen molar-refractivity contribution in [3.05, 3.63) is 35.5 Å². The van der Waals surface area contributed by atoms with Crippen molar-refractivity contribution in [1.82, 2.24) is 4.98 Å². The SMILES string of the molecule is CC(C(=O)O)C(C)(C)Cc1ncc(-c2ccc(NC=O)cc2)s1.